The minimum absolute atomic E-state index is 0.182. The van der Waals surface area contributed by atoms with Gasteiger partial charge in [0, 0.05) is 35.8 Å². The summed E-state index contributed by atoms with van der Waals surface area (Å²) in [6, 6.07) is 19.0. The standard InChI is InChI=1S/C19H15N3O2/c1-22-11-10-14-15(8-5-9-17(14)22)20-19(23)18-12-16(21-24-18)13-6-3-2-4-7-13/h2-12H,1H3,(H,20,23). The highest BCUT2D eigenvalue weighted by Crippen LogP contribution is 2.25. The summed E-state index contributed by atoms with van der Waals surface area (Å²) in [6.07, 6.45) is 1.96. The highest BCUT2D eigenvalue weighted by molar-refractivity contribution is 6.07. The third-order valence-corrected chi connectivity index (χ3v) is 3.98. The Balaban J connectivity index is 1.61. The number of aromatic nitrogens is 2. The van der Waals surface area contributed by atoms with Crippen LogP contribution in [0.1, 0.15) is 10.6 Å². The summed E-state index contributed by atoms with van der Waals surface area (Å²) < 4.78 is 7.21. The quantitative estimate of drug-likeness (QED) is 0.619. The molecule has 0 saturated carbocycles. The van der Waals surface area contributed by atoms with Gasteiger partial charge in [0.1, 0.15) is 5.69 Å². The molecule has 4 aromatic rings. The van der Waals surface area contributed by atoms with E-state index in [-0.39, 0.29) is 11.7 Å². The number of carbonyl (C=O) groups is 1. The van der Waals surface area contributed by atoms with E-state index in [9.17, 15) is 4.79 Å². The van der Waals surface area contributed by atoms with Crippen LogP contribution in [-0.2, 0) is 7.05 Å². The molecule has 0 aliphatic rings. The number of rotatable bonds is 3. The Kier molecular flexibility index (Phi) is 3.39. The molecule has 0 radical (unpaired) electrons. The second-order valence-electron chi connectivity index (χ2n) is 5.56. The molecule has 2 aromatic carbocycles. The van der Waals surface area contributed by atoms with Gasteiger partial charge in [0.05, 0.1) is 5.69 Å². The van der Waals surface area contributed by atoms with Gasteiger partial charge in [0.15, 0.2) is 0 Å². The molecule has 1 N–H and O–H groups in total. The van der Waals surface area contributed by atoms with Crippen molar-refractivity contribution >= 4 is 22.5 Å². The first-order chi connectivity index (χ1) is 11.7. The van der Waals surface area contributed by atoms with Crippen molar-refractivity contribution in [2.45, 2.75) is 0 Å². The number of fused-ring (bicyclic) bond motifs is 1. The summed E-state index contributed by atoms with van der Waals surface area (Å²) >= 11 is 0. The minimum Gasteiger partial charge on any atom is -0.350 e. The van der Waals surface area contributed by atoms with Crippen molar-refractivity contribution in [3.8, 4) is 11.3 Å². The largest absolute Gasteiger partial charge is 0.350 e. The van der Waals surface area contributed by atoms with Crippen molar-refractivity contribution in [1.29, 1.82) is 0 Å². The molecule has 0 spiro atoms. The molecule has 1 amide bonds. The average Bonchev–Trinajstić information content (AvgIpc) is 3.24. The molecule has 0 bridgehead atoms. The van der Waals surface area contributed by atoms with Crippen LogP contribution in [0.5, 0.6) is 0 Å². The van der Waals surface area contributed by atoms with Crippen molar-refractivity contribution in [2.24, 2.45) is 7.05 Å². The van der Waals surface area contributed by atoms with E-state index >= 15 is 0 Å². The summed E-state index contributed by atoms with van der Waals surface area (Å²) in [5.41, 5.74) is 3.34. The second-order valence-corrected chi connectivity index (χ2v) is 5.56. The van der Waals surface area contributed by atoms with Gasteiger partial charge in [-0.2, -0.15) is 0 Å². The Morgan fingerprint density at radius 3 is 2.75 bits per heavy atom. The molecule has 0 fully saturated rings. The van der Waals surface area contributed by atoms with Gasteiger partial charge in [-0.3, -0.25) is 4.79 Å². The molecule has 0 aliphatic heterocycles. The van der Waals surface area contributed by atoms with Gasteiger partial charge in [-0.15, -0.1) is 0 Å². The van der Waals surface area contributed by atoms with Gasteiger partial charge in [0.2, 0.25) is 5.76 Å². The zero-order valence-corrected chi connectivity index (χ0v) is 13.1. The maximum Gasteiger partial charge on any atom is 0.294 e. The maximum atomic E-state index is 12.5. The molecular formula is C19H15N3O2. The first kappa shape index (κ1) is 14.3. The van der Waals surface area contributed by atoms with E-state index in [1.54, 1.807) is 6.07 Å². The van der Waals surface area contributed by atoms with Gasteiger partial charge in [-0.05, 0) is 18.2 Å². The zero-order valence-electron chi connectivity index (χ0n) is 13.1. The lowest BCUT2D eigenvalue weighted by Gasteiger charge is -2.05. The van der Waals surface area contributed by atoms with E-state index in [1.165, 1.54) is 0 Å². The predicted octanol–water partition coefficient (Wildman–Crippen LogP) is 4.09. The van der Waals surface area contributed by atoms with Gasteiger partial charge in [0.25, 0.3) is 5.91 Å². The highest BCUT2D eigenvalue weighted by atomic mass is 16.5. The van der Waals surface area contributed by atoms with Crippen LogP contribution in [-0.4, -0.2) is 15.6 Å². The van der Waals surface area contributed by atoms with Crippen molar-refractivity contribution in [1.82, 2.24) is 9.72 Å². The van der Waals surface area contributed by atoms with E-state index in [0.29, 0.717) is 5.69 Å². The Hall–Kier alpha value is -3.34. The van der Waals surface area contributed by atoms with E-state index in [0.717, 1.165) is 22.2 Å². The van der Waals surface area contributed by atoms with Gasteiger partial charge in [-0.25, -0.2) is 0 Å². The first-order valence-corrected chi connectivity index (χ1v) is 7.60. The molecule has 2 aromatic heterocycles. The lowest BCUT2D eigenvalue weighted by molar-refractivity contribution is 0.0988. The maximum absolute atomic E-state index is 12.5. The number of nitrogens with zero attached hydrogens (tertiary/aromatic N) is 2. The molecule has 5 heteroatoms. The minimum atomic E-state index is -0.318. The summed E-state index contributed by atoms with van der Waals surface area (Å²) in [7, 11) is 1.97. The summed E-state index contributed by atoms with van der Waals surface area (Å²) in [5, 5.41) is 7.85. The Bertz CT molecular complexity index is 1020. The van der Waals surface area contributed by atoms with E-state index in [2.05, 4.69) is 10.5 Å². The average molecular weight is 317 g/mol. The van der Waals surface area contributed by atoms with Crippen molar-refractivity contribution in [3.63, 3.8) is 0 Å². The lowest BCUT2D eigenvalue weighted by atomic mass is 10.1. The summed E-state index contributed by atoms with van der Waals surface area (Å²) in [4.78, 5) is 12.5. The van der Waals surface area contributed by atoms with Crippen LogP contribution in [0.15, 0.2) is 71.4 Å². The number of anilines is 1. The van der Waals surface area contributed by atoms with Crippen LogP contribution in [0.2, 0.25) is 0 Å². The zero-order chi connectivity index (χ0) is 16.5. The lowest BCUT2D eigenvalue weighted by Crippen LogP contribution is -2.11. The van der Waals surface area contributed by atoms with Crippen molar-refractivity contribution in [2.75, 3.05) is 5.32 Å². The van der Waals surface area contributed by atoms with Crippen molar-refractivity contribution in [3.05, 3.63) is 72.6 Å². The Morgan fingerprint density at radius 2 is 1.92 bits per heavy atom. The van der Waals surface area contributed by atoms with Crippen LogP contribution < -0.4 is 5.32 Å². The number of aryl methyl sites for hydroxylation is 1. The number of amides is 1. The highest BCUT2D eigenvalue weighted by Gasteiger charge is 2.15. The Labute approximate surface area is 138 Å². The molecule has 0 atom stereocenters. The summed E-state index contributed by atoms with van der Waals surface area (Å²) in [6.45, 7) is 0. The number of nitrogens with one attached hydrogen (secondary N) is 1. The number of hydrogen-bond acceptors (Lipinski definition) is 3. The van der Waals surface area contributed by atoms with Crippen LogP contribution in [0, 0.1) is 0 Å². The van der Waals surface area contributed by atoms with Crippen molar-refractivity contribution < 1.29 is 9.32 Å². The third kappa shape index (κ3) is 2.46. The Morgan fingerprint density at radius 1 is 1.08 bits per heavy atom. The molecule has 24 heavy (non-hydrogen) atoms. The van der Waals surface area contributed by atoms with Gasteiger partial charge < -0.3 is 14.4 Å². The van der Waals surface area contributed by atoms with Crippen LogP contribution in [0.3, 0.4) is 0 Å². The van der Waals surface area contributed by atoms with Gasteiger partial charge in [-0.1, -0.05) is 41.6 Å². The molecule has 0 saturated heterocycles. The van der Waals surface area contributed by atoms with Crippen LogP contribution >= 0.6 is 0 Å². The molecule has 0 aliphatic carbocycles. The molecule has 2 heterocycles. The SMILES string of the molecule is Cn1ccc2c(NC(=O)c3cc(-c4ccccc4)no3)cccc21. The normalized spacial score (nSPS) is 10.9. The number of hydrogen-bond donors (Lipinski definition) is 1. The molecule has 4 rings (SSSR count). The number of carbonyl (C=O) groups excluding carboxylic acids is 1. The van der Waals surface area contributed by atoms with E-state index in [1.807, 2.05) is 72.4 Å². The monoisotopic (exact) mass is 317 g/mol. The first-order valence-electron chi connectivity index (χ1n) is 7.60. The smallest absolute Gasteiger partial charge is 0.294 e. The fourth-order valence-corrected chi connectivity index (χ4v) is 2.72. The molecular weight excluding hydrogens is 302 g/mol. The van der Waals surface area contributed by atoms with Crippen LogP contribution in [0.4, 0.5) is 5.69 Å². The number of benzene rings is 2. The topological polar surface area (TPSA) is 60.1 Å². The predicted molar refractivity (Wildman–Crippen MR) is 92.8 cm³/mol. The summed E-state index contributed by atoms with van der Waals surface area (Å²) in [5.74, 6) is -0.136. The fraction of sp³-hybridized carbons (Fsp3) is 0.0526. The van der Waals surface area contributed by atoms with E-state index in [4.69, 9.17) is 4.52 Å². The van der Waals surface area contributed by atoms with E-state index < -0.39 is 0 Å². The second kappa shape index (κ2) is 5.70. The molecule has 118 valence electrons. The van der Waals surface area contributed by atoms with Gasteiger partial charge >= 0.3 is 0 Å². The third-order valence-electron chi connectivity index (χ3n) is 3.98. The fourth-order valence-electron chi connectivity index (χ4n) is 2.72. The van der Waals surface area contributed by atoms with Crippen LogP contribution in [0.25, 0.3) is 22.2 Å². The molecule has 0 unspecified atom stereocenters. The molecule has 5 nitrogen and oxygen atoms in total.